The summed E-state index contributed by atoms with van der Waals surface area (Å²) < 4.78 is 0. The summed E-state index contributed by atoms with van der Waals surface area (Å²) >= 11 is 2.03. The highest BCUT2D eigenvalue weighted by molar-refractivity contribution is 7.99. The normalized spacial score (nSPS) is 19.5. The molecule has 2 heterocycles. The van der Waals surface area contributed by atoms with Gasteiger partial charge in [0.1, 0.15) is 18.0 Å². The second-order valence-electron chi connectivity index (χ2n) is 4.92. The predicted molar refractivity (Wildman–Crippen MR) is 84.3 cm³/mol. The van der Waals surface area contributed by atoms with Crippen molar-refractivity contribution in [3.05, 3.63) is 11.9 Å². The molecule has 0 bridgehead atoms. The Morgan fingerprint density at radius 1 is 1.42 bits per heavy atom. The zero-order valence-electron chi connectivity index (χ0n) is 12.1. The van der Waals surface area contributed by atoms with Crippen molar-refractivity contribution in [1.29, 1.82) is 0 Å². The summed E-state index contributed by atoms with van der Waals surface area (Å²) in [5.74, 6) is 4.52. The van der Waals surface area contributed by atoms with E-state index in [9.17, 15) is 0 Å². The van der Waals surface area contributed by atoms with E-state index in [1.165, 1.54) is 17.1 Å². The summed E-state index contributed by atoms with van der Waals surface area (Å²) in [6.45, 7) is 8.69. The lowest BCUT2D eigenvalue weighted by Crippen LogP contribution is -2.41. The Labute approximate surface area is 120 Å². The van der Waals surface area contributed by atoms with Gasteiger partial charge in [0.15, 0.2) is 0 Å². The minimum absolute atomic E-state index is 0.554. The Hall–Kier alpha value is -0.970. The fourth-order valence-corrected chi connectivity index (χ4v) is 3.43. The van der Waals surface area contributed by atoms with Crippen LogP contribution in [-0.4, -0.2) is 40.6 Å². The van der Waals surface area contributed by atoms with E-state index in [2.05, 4.69) is 41.0 Å². The Balaban J connectivity index is 2.28. The lowest BCUT2D eigenvalue weighted by atomic mass is 10.1. The van der Waals surface area contributed by atoms with Gasteiger partial charge in [-0.25, -0.2) is 9.97 Å². The van der Waals surface area contributed by atoms with Crippen LogP contribution in [0.3, 0.4) is 0 Å². The lowest BCUT2D eigenvalue weighted by molar-refractivity contribution is 0.683. The van der Waals surface area contributed by atoms with Crippen LogP contribution < -0.4 is 10.2 Å². The fraction of sp³-hybridized carbons (Fsp3) is 0.714. The molecule has 0 spiro atoms. The summed E-state index contributed by atoms with van der Waals surface area (Å²) in [5.41, 5.74) is 1.26. The van der Waals surface area contributed by atoms with Crippen molar-refractivity contribution in [2.24, 2.45) is 0 Å². The largest absolute Gasteiger partial charge is 0.370 e. The van der Waals surface area contributed by atoms with Gasteiger partial charge in [-0.05, 0) is 19.8 Å². The summed E-state index contributed by atoms with van der Waals surface area (Å²) in [6.07, 6.45) is 3.78. The number of anilines is 2. The number of nitrogens with zero attached hydrogens (tertiary/aromatic N) is 3. The van der Waals surface area contributed by atoms with Crippen LogP contribution in [0.2, 0.25) is 0 Å². The molecule has 1 aliphatic heterocycles. The summed E-state index contributed by atoms with van der Waals surface area (Å²) in [7, 11) is 0. The molecule has 2 rings (SSSR count). The Bertz CT molecular complexity index is 410. The SMILES string of the molecule is CCCNc1ncnc(N2CCSCC2C)c1CC. The van der Waals surface area contributed by atoms with Crippen molar-refractivity contribution in [2.75, 3.05) is 34.8 Å². The molecule has 1 aromatic rings. The standard InChI is InChI=1S/C14H24N4S/c1-4-6-15-13-12(5-2)14(17-10-16-13)18-7-8-19-9-11(18)3/h10-11H,4-9H2,1-3H3,(H,15,16,17). The van der Waals surface area contributed by atoms with Crippen LogP contribution in [0.25, 0.3) is 0 Å². The number of hydrogen-bond donors (Lipinski definition) is 1. The molecule has 0 aromatic carbocycles. The Morgan fingerprint density at radius 3 is 2.95 bits per heavy atom. The quantitative estimate of drug-likeness (QED) is 0.898. The van der Waals surface area contributed by atoms with E-state index < -0.39 is 0 Å². The first kappa shape index (κ1) is 14.4. The van der Waals surface area contributed by atoms with Crippen LogP contribution in [0.4, 0.5) is 11.6 Å². The molecule has 0 aliphatic carbocycles. The van der Waals surface area contributed by atoms with Crippen molar-refractivity contribution < 1.29 is 0 Å². The van der Waals surface area contributed by atoms with Gasteiger partial charge in [0, 0.05) is 36.2 Å². The highest BCUT2D eigenvalue weighted by Crippen LogP contribution is 2.28. The van der Waals surface area contributed by atoms with Gasteiger partial charge in [-0.2, -0.15) is 11.8 Å². The van der Waals surface area contributed by atoms with Gasteiger partial charge in [-0.3, -0.25) is 0 Å². The van der Waals surface area contributed by atoms with E-state index in [-0.39, 0.29) is 0 Å². The third-order valence-electron chi connectivity index (χ3n) is 3.46. The smallest absolute Gasteiger partial charge is 0.137 e. The van der Waals surface area contributed by atoms with Crippen LogP contribution in [0.5, 0.6) is 0 Å². The molecular formula is C14H24N4S. The highest BCUT2D eigenvalue weighted by atomic mass is 32.2. The van der Waals surface area contributed by atoms with Gasteiger partial charge in [-0.1, -0.05) is 13.8 Å². The number of thioether (sulfide) groups is 1. The molecule has 1 fully saturated rings. The molecule has 106 valence electrons. The van der Waals surface area contributed by atoms with Crippen molar-refractivity contribution in [1.82, 2.24) is 9.97 Å². The Morgan fingerprint density at radius 2 is 2.26 bits per heavy atom. The second-order valence-corrected chi connectivity index (χ2v) is 6.07. The van der Waals surface area contributed by atoms with E-state index in [4.69, 9.17) is 0 Å². The van der Waals surface area contributed by atoms with Crippen LogP contribution in [-0.2, 0) is 6.42 Å². The summed E-state index contributed by atoms with van der Waals surface area (Å²) in [4.78, 5) is 11.4. The molecule has 1 unspecified atom stereocenters. The number of rotatable bonds is 5. The van der Waals surface area contributed by atoms with E-state index in [1.54, 1.807) is 6.33 Å². The molecule has 1 aliphatic rings. The first-order valence-electron chi connectivity index (χ1n) is 7.20. The minimum atomic E-state index is 0.554. The van der Waals surface area contributed by atoms with E-state index in [1.807, 2.05) is 11.8 Å². The topological polar surface area (TPSA) is 41.1 Å². The van der Waals surface area contributed by atoms with Crippen LogP contribution in [0, 0.1) is 0 Å². The molecule has 0 radical (unpaired) electrons. The molecular weight excluding hydrogens is 256 g/mol. The van der Waals surface area contributed by atoms with Crippen molar-refractivity contribution in [3.63, 3.8) is 0 Å². The minimum Gasteiger partial charge on any atom is -0.370 e. The molecule has 1 atom stereocenters. The molecule has 4 nitrogen and oxygen atoms in total. The van der Waals surface area contributed by atoms with Crippen LogP contribution in [0.15, 0.2) is 6.33 Å². The maximum absolute atomic E-state index is 4.56. The summed E-state index contributed by atoms with van der Waals surface area (Å²) in [6, 6.07) is 0.554. The first-order chi connectivity index (χ1) is 9.27. The molecule has 1 saturated heterocycles. The molecule has 0 amide bonds. The van der Waals surface area contributed by atoms with Gasteiger partial charge < -0.3 is 10.2 Å². The molecule has 5 heteroatoms. The third kappa shape index (κ3) is 3.32. The lowest BCUT2D eigenvalue weighted by Gasteiger charge is -2.35. The van der Waals surface area contributed by atoms with Crippen LogP contribution in [0.1, 0.15) is 32.8 Å². The Kier molecular flexibility index (Phi) is 5.31. The predicted octanol–water partition coefficient (Wildman–Crippen LogP) is 2.80. The van der Waals surface area contributed by atoms with Gasteiger partial charge in [0.25, 0.3) is 0 Å². The van der Waals surface area contributed by atoms with Crippen molar-refractivity contribution in [3.8, 4) is 0 Å². The maximum Gasteiger partial charge on any atom is 0.137 e. The third-order valence-corrected chi connectivity index (χ3v) is 4.65. The molecule has 1 N–H and O–H groups in total. The fourth-order valence-electron chi connectivity index (χ4n) is 2.41. The highest BCUT2D eigenvalue weighted by Gasteiger charge is 2.23. The average molecular weight is 280 g/mol. The maximum atomic E-state index is 4.56. The van der Waals surface area contributed by atoms with Crippen molar-refractivity contribution in [2.45, 2.75) is 39.7 Å². The van der Waals surface area contributed by atoms with Gasteiger partial charge in [-0.15, -0.1) is 0 Å². The number of nitrogens with one attached hydrogen (secondary N) is 1. The summed E-state index contributed by atoms with van der Waals surface area (Å²) in [5, 5.41) is 3.43. The zero-order chi connectivity index (χ0) is 13.7. The van der Waals surface area contributed by atoms with Gasteiger partial charge in [0.2, 0.25) is 0 Å². The average Bonchev–Trinajstić information content (AvgIpc) is 2.45. The van der Waals surface area contributed by atoms with Crippen molar-refractivity contribution >= 4 is 23.4 Å². The first-order valence-corrected chi connectivity index (χ1v) is 8.35. The zero-order valence-corrected chi connectivity index (χ0v) is 13.0. The van der Waals surface area contributed by atoms with Gasteiger partial charge >= 0.3 is 0 Å². The van der Waals surface area contributed by atoms with E-state index in [0.29, 0.717) is 6.04 Å². The second kappa shape index (κ2) is 6.98. The molecule has 19 heavy (non-hydrogen) atoms. The van der Waals surface area contributed by atoms with E-state index >= 15 is 0 Å². The molecule has 0 saturated carbocycles. The van der Waals surface area contributed by atoms with Crippen LogP contribution >= 0.6 is 11.8 Å². The van der Waals surface area contributed by atoms with Gasteiger partial charge in [0.05, 0.1) is 0 Å². The molecule has 1 aromatic heterocycles. The number of aromatic nitrogens is 2. The van der Waals surface area contributed by atoms with E-state index in [0.717, 1.165) is 37.6 Å². The number of hydrogen-bond acceptors (Lipinski definition) is 5. The monoisotopic (exact) mass is 280 g/mol.